The standard InChI is InChI=1S/C14H12O2/c1-10(15)9-14(16)13-8-4-6-11-5-2-3-7-12(11)13/h2-9,16H,1H3. The molecular formula is C14H12O2. The van der Waals surface area contributed by atoms with Crippen molar-refractivity contribution in [1.82, 2.24) is 0 Å². The van der Waals surface area contributed by atoms with E-state index in [0.29, 0.717) is 5.56 Å². The lowest BCUT2D eigenvalue weighted by Crippen LogP contribution is -1.90. The fourth-order valence-electron chi connectivity index (χ4n) is 1.72. The zero-order chi connectivity index (χ0) is 11.5. The fraction of sp³-hybridized carbons (Fsp3) is 0.0714. The Balaban J connectivity index is 2.65. The molecule has 2 aromatic rings. The number of hydrogen-bond acceptors (Lipinski definition) is 2. The van der Waals surface area contributed by atoms with Crippen molar-refractivity contribution in [2.24, 2.45) is 0 Å². The van der Waals surface area contributed by atoms with Gasteiger partial charge in [0.05, 0.1) is 0 Å². The number of carbonyl (C=O) groups is 1. The van der Waals surface area contributed by atoms with Crippen molar-refractivity contribution in [3.05, 3.63) is 54.1 Å². The van der Waals surface area contributed by atoms with E-state index in [2.05, 4.69) is 0 Å². The van der Waals surface area contributed by atoms with Crippen molar-refractivity contribution in [2.45, 2.75) is 6.92 Å². The molecule has 2 aromatic carbocycles. The van der Waals surface area contributed by atoms with E-state index in [1.807, 2.05) is 36.4 Å². The number of hydrogen-bond donors (Lipinski definition) is 1. The number of benzene rings is 2. The van der Waals surface area contributed by atoms with Gasteiger partial charge in [-0.25, -0.2) is 0 Å². The molecule has 0 unspecified atom stereocenters. The molecule has 0 aliphatic carbocycles. The SMILES string of the molecule is CC(=O)C=C(O)c1cccc2ccccc12. The maximum absolute atomic E-state index is 10.9. The third kappa shape index (κ3) is 1.96. The lowest BCUT2D eigenvalue weighted by atomic mass is 10.0. The van der Waals surface area contributed by atoms with Gasteiger partial charge in [-0.1, -0.05) is 42.5 Å². The van der Waals surface area contributed by atoms with Gasteiger partial charge in [0.1, 0.15) is 5.76 Å². The number of ketones is 1. The molecule has 0 amide bonds. The summed E-state index contributed by atoms with van der Waals surface area (Å²) in [5.41, 5.74) is 0.688. The first-order valence-electron chi connectivity index (χ1n) is 5.08. The van der Waals surface area contributed by atoms with Gasteiger partial charge in [-0.05, 0) is 17.7 Å². The Morgan fingerprint density at radius 3 is 2.56 bits per heavy atom. The van der Waals surface area contributed by atoms with Crippen molar-refractivity contribution in [2.75, 3.05) is 0 Å². The zero-order valence-electron chi connectivity index (χ0n) is 8.97. The molecule has 0 spiro atoms. The number of carbonyl (C=O) groups excluding carboxylic acids is 1. The molecule has 1 N–H and O–H groups in total. The Hall–Kier alpha value is -2.09. The summed E-state index contributed by atoms with van der Waals surface area (Å²) in [6.07, 6.45) is 1.24. The summed E-state index contributed by atoms with van der Waals surface area (Å²) in [6, 6.07) is 13.4. The van der Waals surface area contributed by atoms with E-state index in [0.717, 1.165) is 10.8 Å². The van der Waals surface area contributed by atoms with Crippen LogP contribution in [0.2, 0.25) is 0 Å². The van der Waals surface area contributed by atoms with Crippen LogP contribution in [0.5, 0.6) is 0 Å². The van der Waals surface area contributed by atoms with E-state index in [4.69, 9.17) is 0 Å². The number of aliphatic hydroxyl groups excluding tert-OH is 1. The monoisotopic (exact) mass is 212 g/mol. The molecule has 0 aromatic heterocycles. The van der Waals surface area contributed by atoms with E-state index >= 15 is 0 Å². The molecule has 80 valence electrons. The largest absolute Gasteiger partial charge is 0.507 e. The van der Waals surface area contributed by atoms with E-state index in [-0.39, 0.29) is 11.5 Å². The summed E-state index contributed by atoms with van der Waals surface area (Å²) in [6.45, 7) is 1.42. The number of aliphatic hydroxyl groups is 1. The second-order valence-electron chi connectivity index (χ2n) is 3.67. The van der Waals surface area contributed by atoms with Crippen LogP contribution in [0.1, 0.15) is 12.5 Å². The van der Waals surface area contributed by atoms with Gasteiger partial charge in [0.15, 0.2) is 5.78 Å². The van der Waals surface area contributed by atoms with Gasteiger partial charge in [0.2, 0.25) is 0 Å². The molecule has 0 bridgehead atoms. The normalized spacial score (nSPS) is 11.7. The Bertz CT molecular complexity index is 562. The minimum atomic E-state index is -0.162. The molecule has 0 saturated carbocycles. The highest BCUT2D eigenvalue weighted by atomic mass is 16.3. The van der Waals surface area contributed by atoms with Crippen LogP contribution in [0.25, 0.3) is 16.5 Å². The van der Waals surface area contributed by atoms with Crippen LogP contribution >= 0.6 is 0 Å². The third-order valence-electron chi connectivity index (χ3n) is 2.41. The molecule has 2 heteroatoms. The predicted octanol–water partition coefficient (Wildman–Crippen LogP) is 3.33. The highest BCUT2D eigenvalue weighted by molar-refractivity contribution is 5.98. The molecule has 2 rings (SSSR count). The van der Waals surface area contributed by atoms with Gasteiger partial charge in [0, 0.05) is 11.6 Å². The van der Waals surface area contributed by atoms with E-state index in [1.165, 1.54) is 13.0 Å². The Morgan fingerprint density at radius 2 is 1.81 bits per heavy atom. The minimum absolute atomic E-state index is 0.0179. The van der Waals surface area contributed by atoms with E-state index in [1.54, 1.807) is 6.07 Å². The van der Waals surface area contributed by atoms with E-state index in [9.17, 15) is 9.90 Å². The van der Waals surface area contributed by atoms with Crippen molar-refractivity contribution in [1.29, 1.82) is 0 Å². The lowest BCUT2D eigenvalue weighted by Gasteiger charge is -2.04. The van der Waals surface area contributed by atoms with Gasteiger partial charge >= 0.3 is 0 Å². The Kier molecular flexibility index (Phi) is 2.73. The van der Waals surface area contributed by atoms with Crippen LogP contribution in [0.3, 0.4) is 0 Å². The summed E-state index contributed by atoms with van der Waals surface area (Å²) >= 11 is 0. The Morgan fingerprint density at radius 1 is 1.12 bits per heavy atom. The molecule has 0 heterocycles. The highest BCUT2D eigenvalue weighted by Gasteiger charge is 2.04. The van der Waals surface area contributed by atoms with Crippen LogP contribution in [-0.2, 0) is 4.79 Å². The van der Waals surface area contributed by atoms with Gasteiger partial charge < -0.3 is 5.11 Å². The molecule has 0 aliphatic rings. The lowest BCUT2D eigenvalue weighted by molar-refractivity contribution is -0.112. The highest BCUT2D eigenvalue weighted by Crippen LogP contribution is 2.23. The summed E-state index contributed by atoms with van der Waals surface area (Å²) in [5.74, 6) is -0.144. The zero-order valence-corrected chi connectivity index (χ0v) is 8.97. The van der Waals surface area contributed by atoms with Gasteiger partial charge in [-0.15, -0.1) is 0 Å². The smallest absolute Gasteiger partial charge is 0.156 e. The number of fused-ring (bicyclic) bond motifs is 1. The maximum Gasteiger partial charge on any atom is 0.156 e. The second kappa shape index (κ2) is 4.19. The second-order valence-corrected chi connectivity index (χ2v) is 3.67. The van der Waals surface area contributed by atoms with E-state index < -0.39 is 0 Å². The first kappa shape index (κ1) is 10.4. The average Bonchev–Trinajstić information content (AvgIpc) is 2.27. The quantitative estimate of drug-likeness (QED) is 0.612. The fourth-order valence-corrected chi connectivity index (χ4v) is 1.72. The molecule has 0 radical (unpaired) electrons. The average molecular weight is 212 g/mol. The van der Waals surface area contributed by atoms with Crippen molar-refractivity contribution < 1.29 is 9.90 Å². The van der Waals surface area contributed by atoms with Crippen molar-refractivity contribution in [3.8, 4) is 0 Å². The molecule has 0 saturated heterocycles. The minimum Gasteiger partial charge on any atom is -0.507 e. The Labute approximate surface area is 93.8 Å². The molecule has 16 heavy (non-hydrogen) atoms. The van der Waals surface area contributed by atoms with Gasteiger partial charge in [0.25, 0.3) is 0 Å². The van der Waals surface area contributed by atoms with Crippen molar-refractivity contribution in [3.63, 3.8) is 0 Å². The number of allylic oxidation sites excluding steroid dienone is 1. The number of rotatable bonds is 2. The summed E-state index contributed by atoms with van der Waals surface area (Å²) in [7, 11) is 0. The molecule has 0 fully saturated rings. The summed E-state index contributed by atoms with van der Waals surface area (Å²) in [4.78, 5) is 10.9. The third-order valence-corrected chi connectivity index (χ3v) is 2.41. The van der Waals surface area contributed by atoms with Crippen LogP contribution in [0, 0.1) is 0 Å². The van der Waals surface area contributed by atoms with Gasteiger partial charge in [-0.3, -0.25) is 4.79 Å². The molecule has 2 nitrogen and oxygen atoms in total. The van der Waals surface area contributed by atoms with Crippen LogP contribution in [-0.4, -0.2) is 10.9 Å². The predicted molar refractivity (Wildman–Crippen MR) is 65.2 cm³/mol. The summed E-state index contributed by atoms with van der Waals surface area (Å²) in [5, 5.41) is 11.8. The first-order chi connectivity index (χ1) is 7.68. The maximum atomic E-state index is 10.9. The van der Waals surface area contributed by atoms with Crippen LogP contribution < -0.4 is 0 Å². The molecule has 0 aliphatic heterocycles. The molecular weight excluding hydrogens is 200 g/mol. The molecule has 0 atom stereocenters. The van der Waals surface area contributed by atoms with Crippen LogP contribution in [0.15, 0.2) is 48.5 Å². The topological polar surface area (TPSA) is 37.3 Å². The van der Waals surface area contributed by atoms with Crippen LogP contribution in [0.4, 0.5) is 0 Å². The first-order valence-corrected chi connectivity index (χ1v) is 5.08. The van der Waals surface area contributed by atoms with Crippen molar-refractivity contribution >= 4 is 22.3 Å². The summed E-state index contributed by atoms with van der Waals surface area (Å²) < 4.78 is 0. The van der Waals surface area contributed by atoms with Gasteiger partial charge in [-0.2, -0.15) is 0 Å².